The van der Waals surface area contributed by atoms with Gasteiger partial charge in [-0.25, -0.2) is 4.98 Å². The van der Waals surface area contributed by atoms with Gasteiger partial charge in [-0.05, 0) is 46.6 Å². The first-order valence-corrected chi connectivity index (χ1v) is 6.35. The van der Waals surface area contributed by atoms with Crippen molar-refractivity contribution < 1.29 is 4.79 Å². The van der Waals surface area contributed by atoms with Crippen molar-refractivity contribution >= 4 is 39.0 Å². The van der Waals surface area contributed by atoms with Gasteiger partial charge in [0.25, 0.3) is 5.91 Å². The van der Waals surface area contributed by atoms with Gasteiger partial charge in [0.15, 0.2) is 0 Å². The molecule has 6 heteroatoms. The van der Waals surface area contributed by atoms with E-state index in [2.05, 4.69) is 26.2 Å². The Bertz CT molecular complexity index is 643. The van der Waals surface area contributed by atoms with Crippen molar-refractivity contribution in [2.75, 3.05) is 11.1 Å². The fraction of sp³-hybridized carbons (Fsp3) is 0.0769. The molecule has 0 aliphatic rings. The molecule has 1 heterocycles. The summed E-state index contributed by atoms with van der Waals surface area (Å²) in [6.45, 7) is 1.98. The number of nitrogens with one attached hydrogen (secondary N) is 1. The van der Waals surface area contributed by atoms with Crippen LogP contribution in [0.5, 0.6) is 0 Å². The van der Waals surface area contributed by atoms with Crippen LogP contribution < -0.4 is 16.8 Å². The number of aryl methyl sites for hydroxylation is 1. The summed E-state index contributed by atoms with van der Waals surface area (Å²) in [6.07, 6.45) is 1.47. The summed E-state index contributed by atoms with van der Waals surface area (Å²) in [4.78, 5) is 15.5. The molecule has 0 aliphatic heterocycles. The lowest BCUT2D eigenvalue weighted by molar-refractivity contribution is 0.100. The highest BCUT2D eigenvalue weighted by Crippen LogP contribution is 2.27. The van der Waals surface area contributed by atoms with E-state index in [1.807, 2.05) is 25.1 Å². The minimum Gasteiger partial charge on any atom is -0.397 e. The Morgan fingerprint density at radius 1 is 1.37 bits per heavy atom. The third kappa shape index (κ3) is 3.03. The first-order valence-electron chi connectivity index (χ1n) is 5.56. The largest absolute Gasteiger partial charge is 0.397 e. The molecule has 0 bridgehead atoms. The average molecular weight is 321 g/mol. The first kappa shape index (κ1) is 13.4. The number of nitrogens with two attached hydrogens (primary N) is 2. The fourth-order valence-electron chi connectivity index (χ4n) is 1.63. The van der Waals surface area contributed by atoms with Gasteiger partial charge in [-0.1, -0.05) is 6.07 Å². The molecule has 5 nitrogen and oxygen atoms in total. The van der Waals surface area contributed by atoms with Gasteiger partial charge in [0.05, 0.1) is 23.1 Å². The van der Waals surface area contributed by atoms with Crippen LogP contribution in [-0.4, -0.2) is 10.9 Å². The number of nitrogen functional groups attached to an aromatic ring is 1. The fourth-order valence-corrected chi connectivity index (χ4v) is 1.98. The standard InChI is InChI=1S/C13H13BrN4O/c1-7-2-3-10(14)11(4-7)18-13-9(12(16)19)5-8(15)6-17-13/h2-6H,15H2,1H3,(H2,16,19)(H,17,18). The molecular weight excluding hydrogens is 308 g/mol. The van der Waals surface area contributed by atoms with Gasteiger partial charge < -0.3 is 16.8 Å². The second kappa shape index (κ2) is 5.27. The molecule has 0 saturated carbocycles. The number of pyridine rings is 1. The Kier molecular flexibility index (Phi) is 3.71. The van der Waals surface area contributed by atoms with Gasteiger partial charge in [-0.3, -0.25) is 4.79 Å². The van der Waals surface area contributed by atoms with Crippen LogP contribution in [0.1, 0.15) is 15.9 Å². The van der Waals surface area contributed by atoms with E-state index >= 15 is 0 Å². The van der Waals surface area contributed by atoms with E-state index in [9.17, 15) is 4.79 Å². The third-order valence-corrected chi connectivity index (χ3v) is 3.24. The number of halogens is 1. The molecule has 5 N–H and O–H groups in total. The van der Waals surface area contributed by atoms with Crippen molar-refractivity contribution in [1.29, 1.82) is 0 Å². The molecule has 0 atom stereocenters. The van der Waals surface area contributed by atoms with E-state index in [-0.39, 0.29) is 5.56 Å². The number of primary amides is 1. The van der Waals surface area contributed by atoms with Crippen LogP contribution in [0.2, 0.25) is 0 Å². The Balaban J connectivity index is 2.43. The van der Waals surface area contributed by atoms with Crippen LogP contribution in [0.4, 0.5) is 17.2 Å². The van der Waals surface area contributed by atoms with Gasteiger partial charge >= 0.3 is 0 Å². The summed E-state index contributed by atoms with van der Waals surface area (Å²) in [5, 5.41) is 3.08. The normalized spacial score (nSPS) is 10.2. The minimum atomic E-state index is -0.578. The Morgan fingerprint density at radius 2 is 2.11 bits per heavy atom. The molecule has 1 aromatic carbocycles. The number of amides is 1. The smallest absolute Gasteiger partial charge is 0.252 e. The van der Waals surface area contributed by atoms with Crippen LogP contribution in [-0.2, 0) is 0 Å². The summed E-state index contributed by atoms with van der Waals surface area (Å²) >= 11 is 3.43. The lowest BCUT2D eigenvalue weighted by Crippen LogP contribution is -2.15. The molecule has 19 heavy (non-hydrogen) atoms. The van der Waals surface area contributed by atoms with E-state index in [0.717, 1.165) is 15.7 Å². The average Bonchev–Trinajstić information content (AvgIpc) is 2.35. The molecule has 0 spiro atoms. The van der Waals surface area contributed by atoms with E-state index in [1.165, 1.54) is 12.3 Å². The van der Waals surface area contributed by atoms with E-state index < -0.39 is 5.91 Å². The second-order valence-corrected chi connectivity index (χ2v) is 4.99. The molecule has 98 valence electrons. The highest BCUT2D eigenvalue weighted by molar-refractivity contribution is 9.10. The molecule has 0 saturated heterocycles. The summed E-state index contributed by atoms with van der Waals surface area (Å²) in [6, 6.07) is 7.33. The number of carbonyl (C=O) groups excluding carboxylic acids is 1. The van der Waals surface area contributed by atoms with Crippen molar-refractivity contribution in [1.82, 2.24) is 4.98 Å². The summed E-state index contributed by atoms with van der Waals surface area (Å²) in [5.41, 5.74) is 13.5. The van der Waals surface area contributed by atoms with Gasteiger partial charge in [-0.2, -0.15) is 0 Å². The number of hydrogen-bond donors (Lipinski definition) is 3. The maximum absolute atomic E-state index is 11.4. The van der Waals surface area contributed by atoms with Crippen LogP contribution >= 0.6 is 15.9 Å². The lowest BCUT2D eigenvalue weighted by atomic mass is 10.2. The SMILES string of the molecule is Cc1ccc(Br)c(Nc2ncc(N)cc2C(N)=O)c1. The molecule has 1 amide bonds. The number of hydrogen-bond acceptors (Lipinski definition) is 4. The van der Waals surface area contributed by atoms with Crippen molar-refractivity contribution in [3.63, 3.8) is 0 Å². The molecule has 0 radical (unpaired) electrons. The number of aromatic nitrogens is 1. The minimum absolute atomic E-state index is 0.258. The van der Waals surface area contributed by atoms with Gasteiger partial charge in [0.1, 0.15) is 5.82 Å². The topological polar surface area (TPSA) is 94.0 Å². The van der Waals surface area contributed by atoms with Gasteiger partial charge in [0.2, 0.25) is 0 Å². The molecular formula is C13H13BrN4O. The zero-order chi connectivity index (χ0) is 14.0. The van der Waals surface area contributed by atoms with E-state index in [4.69, 9.17) is 11.5 Å². The predicted octanol–water partition coefficient (Wildman–Crippen LogP) is 2.58. The highest BCUT2D eigenvalue weighted by Gasteiger charge is 2.11. The number of nitrogens with zero attached hydrogens (tertiary/aromatic N) is 1. The molecule has 2 aromatic rings. The third-order valence-electron chi connectivity index (χ3n) is 2.55. The zero-order valence-corrected chi connectivity index (χ0v) is 11.9. The van der Waals surface area contributed by atoms with Crippen molar-refractivity contribution in [2.24, 2.45) is 5.73 Å². The number of carbonyl (C=O) groups is 1. The highest BCUT2D eigenvalue weighted by atomic mass is 79.9. The van der Waals surface area contributed by atoms with Crippen LogP contribution in [0.15, 0.2) is 34.9 Å². The zero-order valence-electron chi connectivity index (χ0n) is 10.3. The number of anilines is 3. The number of benzene rings is 1. The van der Waals surface area contributed by atoms with Crippen LogP contribution in [0.25, 0.3) is 0 Å². The summed E-state index contributed by atoms with van der Waals surface area (Å²) in [5.74, 6) is -0.195. The maximum atomic E-state index is 11.4. The Labute approximate surface area is 119 Å². The molecule has 1 aromatic heterocycles. The van der Waals surface area contributed by atoms with Gasteiger partial charge in [0, 0.05) is 4.47 Å². The summed E-state index contributed by atoms with van der Waals surface area (Å²) < 4.78 is 0.868. The van der Waals surface area contributed by atoms with E-state index in [1.54, 1.807) is 0 Å². The second-order valence-electron chi connectivity index (χ2n) is 4.14. The first-order chi connectivity index (χ1) is 8.97. The molecule has 0 unspecified atom stereocenters. The Morgan fingerprint density at radius 3 is 2.79 bits per heavy atom. The molecule has 2 rings (SSSR count). The monoisotopic (exact) mass is 320 g/mol. The Hall–Kier alpha value is -2.08. The number of rotatable bonds is 3. The quantitative estimate of drug-likeness (QED) is 0.810. The predicted molar refractivity (Wildman–Crippen MR) is 79.3 cm³/mol. The van der Waals surface area contributed by atoms with Crippen LogP contribution in [0.3, 0.4) is 0 Å². The van der Waals surface area contributed by atoms with Crippen LogP contribution in [0, 0.1) is 6.92 Å². The van der Waals surface area contributed by atoms with Crippen molar-refractivity contribution in [3.8, 4) is 0 Å². The van der Waals surface area contributed by atoms with Gasteiger partial charge in [-0.15, -0.1) is 0 Å². The molecule has 0 aliphatic carbocycles. The summed E-state index contributed by atoms with van der Waals surface area (Å²) in [7, 11) is 0. The lowest BCUT2D eigenvalue weighted by Gasteiger charge is -2.11. The molecule has 0 fully saturated rings. The maximum Gasteiger partial charge on any atom is 0.252 e. The van der Waals surface area contributed by atoms with E-state index in [0.29, 0.717) is 11.5 Å². The van der Waals surface area contributed by atoms with Crippen molar-refractivity contribution in [3.05, 3.63) is 46.1 Å². The van der Waals surface area contributed by atoms with Crippen molar-refractivity contribution in [2.45, 2.75) is 6.92 Å².